The first-order chi connectivity index (χ1) is 10.9. The predicted molar refractivity (Wildman–Crippen MR) is 89.1 cm³/mol. The number of carbonyl (C=O) groups is 1. The molecule has 0 radical (unpaired) electrons. The number of hydrogen-bond donors (Lipinski definition) is 2. The van der Waals surface area contributed by atoms with E-state index in [1.54, 1.807) is 13.8 Å². The second-order valence-corrected chi connectivity index (χ2v) is 6.03. The predicted octanol–water partition coefficient (Wildman–Crippen LogP) is 4.03. The van der Waals surface area contributed by atoms with Gasteiger partial charge in [-0.05, 0) is 43.5 Å². The monoisotopic (exact) mass is 335 g/mol. The molecule has 0 bridgehead atoms. The van der Waals surface area contributed by atoms with E-state index in [1.165, 1.54) is 6.07 Å². The molecule has 0 fully saturated rings. The van der Waals surface area contributed by atoms with E-state index in [0.717, 1.165) is 11.6 Å². The Morgan fingerprint density at radius 1 is 1.30 bits per heavy atom. The van der Waals surface area contributed by atoms with Crippen molar-refractivity contribution in [1.82, 2.24) is 5.32 Å². The molecule has 0 heterocycles. The Morgan fingerprint density at radius 2 is 1.96 bits per heavy atom. The van der Waals surface area contributed by atoms with Crippen LogP contribution in [0.5, 0.6) is 0 Å². The number of halogens is 2. The molecule has 0 saturated carbocycles. The Balaban J connectivity index is 2.01. The zero-order valence-electron chi connectivity index (χ0n) is 13.0. The first kappa shape index (κ1) is 17.4. The fourth-order valence-corrected chi connectivity index (χ4v) is 2.57. The van der Waals surface area contributed by atoms with Crippen molar-refractivity contribution in [3.05, 3.63) is 70.0 Å². The van der Waals surface area contributed by atoms with Crippen LogP contribution < -0.4 is 5.32 Å². The maximum Gasteiger partial charge on any atom is 0.253 e. The summed E-state index contributed by atoms with van der Waals surface area (Å²) >= 11 is 5.93. The van der Waals surface area contributed by atoms with Crippen LogP contribution in [0.3, 0.4) is 0 Å². The van der Waals surface area contributed by atoms with Gasteiger partial charge in [0.15, 0.2) is 0 Å². The van der Waals surface area contributed by atoms with E-state index in [2.05, 4.69) is 5.32 Å². The Labute approximate surface area is 140 Å². The quantitative estimate of drug-likeness (QED) is 0.866. The fraction of sp³-hybridized carbons (Fsp3) is 0.278. The molecule has 0 saturated heterocycles. The van der Waals surface area contributed by atoms with Gasteiger partial charge in [0.05, 0.1) is 16.7 Å². The summed E-state index contributed by atoms with van der Waals surface area (Å²) in [6.45, 7) is 3.37. The van der Waals surface area contributed by atoms with Crippen LogP contribution >= 0.6 is 11.6 Å². The van der Waals surface area contributed by atoms with Gasteiger partial charge in [0.1, 0.15) is 5.82 Å². The highest BCUT2D eigenvalue weighted by Gasteiger charge is 2.18. The number of benzene rings is 2. The Morgan fingerprint density at radius 3 is 2.61 bits per heavy atom. The minimum atomic E-state index is -0.670. The number of aryl methyl sites for hydroxylation is 1. The molecule has 2 unspecified atom stereocenters. The van der Waals surface area contributed by atoms with E-state index in [0.29, 0.717) is 12.0 Å². The number of amides is 1. The molecule has 23 heavy (non-hydrogen) atoms. The van der Waals surface area contributed by atoms with Crippen LogP contribution in [-0.2, 0) is 0 Å². The van der Waals surface area contributed by atoms with Crippen LogP contribution in [0.4, 0.5) is 4.39 Å². The molecule has 122 valence electrons. The van der Waals surface area contributed by atoms with Crippen molar-refractivity contribution in [2.24, 2.45) is 0 Å². The molecule has 1 amide bonds. The van der Waals surface area contributed by atoms with Crippen molar-refractivity contribution in [3.63, 3.8) is 0 Å². The van der Waals surface area contributed by atoms with Crippen molar-refractivity contribution in [1.29, 1.82) is 0 Å². The van der Waals surface area contributed by atoms with Crippen molar-refractivity contribution in [2.45, 2.75) is 32.4 Å². The summed E-state index contributed by atoms with van der Waals surface area (Å²) in [4.78, 5) is 12.3. The standard InChI is InChI=1S/C18H19ClFNO2/c1-11-8-14(15(19)10-16(11)20)18(23)21-12(2)9-17(22)13-6-4-3-5-7-13/h3-8,10,12,17,22H,9H2,1-2H3,(H,21,23). The molecule has 2 atom stereocenters. The third-order valence-corrected chi connectivity index (χ3v) is 3.94. The Bertz CT molecular complexity index is 691. The summed E-state index contributed by atoms with van der Waals surface area (Å²) in [6.07, 6.45) is -0.301. The summed E-state index contributed by atoms with van der Waals surface area (Å²) in [5.41, 5.74) is 1.38. The maximum atomic E-state index is 13.4. The highest BCUT2D eigenvalue weighted by Crippen LogP contribution is 2.22. The third-order valence-electron chi connectivity index (χ3n) is 3.63. The van der Waals surface area contributed by atoms with Gasteiger partial charge in [-0.25, -0.2) is 4.39 Å². The average Bonchev–Trinajstić information content (AvgIpc) is 2.51. The minimum absolute atomic E-state index is 0.0707. The summed E-state index contributed by atoms with van der Waals surface area (Å²) in [5, 5.41) is 13.0. The van der Waals surface area contributed by atoms with Crippen LogP contribution in [0.2, 0.25) is 5.02 Å². The van der Waals surface area contributed by atoms with Gasteiger partial charge < -0.3 is 10.4 Å². The average molecular weight is 336 g/mol. The van der Waals surface area contributed by atoms with Crippen LogP contribution in [0, 0.1) is 12.7 Å². The molecule has 0 spiro atoms. The van der Waals surface area contributed by atoms with Gasteiger partial charge >= 0.3 is 0 Å². The summed E-state index contributed by atoms with van der Waals surface area (Å²) in [5.74, 6) is -0.829. The topological polar surface area (TPSA) is 49.3 Å². The fourth-order valence-electron chi connectivity index (χ4n) is 2.34. The summed E-state index contributed by atoms with van der Waals surface area (Å²) < 4.78 is 13.4. The molecule has 2 N–H and O–H groups in total. The molecule has 2 rings (SSSR count). The lowest BCUT2D eigenvalue weighted by molar-refractivity contribution is 0.0917. The van der Waals surface area contributed by atoms with E-state index in [4.69, 9.17) is 11.6 Å². The molecule has 0 aliphatic heterocycles. The zero-order valence-corrected chi connectivity index (χ0v) is 13.8. The van der Waals surface area contributed by atoms with Gasteiger partial charge in [0.25, 0.3) is 5.91 Å². The van der Waals surface area contributed by atoms with Gasteiger partial charge in [-0.15, -0.1) is 0 Å². The molecule has 2 aromatic rings. The number of hydrogen-bond acceptors (Lipinski definition) is 2. The number of rotatable bonds is 5. The minimum Gasteiger partial charge on any atom is -0.388 e. The van der Waals surface area contributed by atoms with Gasteiger partial charge in [-0.3, -0.25) is 4.79 Å². The van der Waals surface area contributed by atoms with Gasteiger partial charge in [0.2, 0.25) is 0 Å². The van der Waals surface area contributed by atoms with E-state index < -0.39 is 11.9 Å². The number of carbonyl (C=O) groups excluding carboxylic acids is 1. The first-order valence-corrected chi connectivity index (χ1v) is 7.75. The highest BCUT2D eigenvalue weighted by molar-refractivity contribution is 6.33. The van der Waals surface area contributed by atoms with Gasteiger partial charge in [-0.1, -0.05) is 41.9 Å². The lowest BCUT2D eigenvalue weighted by Crippen LogP contribution is -2.34. The summed E-state index contributed by atoms with van der Waals surface area (Å²) in [7, 11) is 0. The van der Waals surface area contributed by atoms with E-state index in [9.17, 15) is 14.3 Å². The molecule has 0 aliphatic carbocycles. The molecule has 2 aromatic carbocycles. The summed E-state index contributed by atoms with van der Waals surface area (Å²) in [6, 6.07) is 11.5. The van der Waals surface area contributed by atoms with Gasteiger partial charge in [-0.2, -0.15) is 0 Å². The van der Waals surface area contributed by atoms with Crippen molar-refractivity contribution >= 4 is 17.5 Å². The Kier molecular flexibility index (Phi) is 5.74. The van der Waals surface area contributed by atoms with Crippen molar-refractivity contribution in [3.8, 4) is 0 Å². The SMILES string of the molecule is Cc1cc(C(=O)NC(C)CC(O)c2ccccc2)c(Cl)cc1F. The second kappa shape index (κ2) is 7.57. The van der Waals surface area contributed by atoms with Crippen LogP contribution in [0.25, 0.3) is 0 Å². The first-order valence-electron chi connectivity index (χ1n) is 7.38. The lowest BCUT2D eigenvalue weighted by Gasteiger charge is -2.19. The molecule has 0 aliphatic rings. The van der Waals surface area contributed by atoms with Crippen molar-refractivity contribution < 1.29 is 14.3 Å². The molecule has 3 nitrogen and oxygen atoms in total. The number of aliphatic hydroxyl groups excluding tert-OH is 1. The maximum absolute atomic E-state index is 13.4. The van der Waals surface area contributed by atoms with Crippen molar-refractivity contribution in [2.75, 3.05) is 0 Å². The molecule has 0 aromatic heterocycles. The Hall–Kier alpha value is -1.91. The normalized spacial score (nSPS) is 13.4. The third kappa shape index (κ3) is 4.53. The largest absolute Gasteiger partial charge is 0.388 e. The molecular formula is C18H19ClFNO2. The van der Waals surface area contributed by atoms with E-state index >= 15 is 0 Å². The van der Waals surface area contributed by atoms with E-state index in [-0.39, 0.29) is 22.5 Å². The number of nitrogens with one attached hydrogen (secondary N) is 1. The number of aliphatic hydroxyl groups is 1. The van der Waals surface area contributed by atoms with Gasteiger partial charge in [0, 0.05) is 6.04 Å². The highest BCUT2D eigenvalue weighted by atomic mass is 35.5. The molecular weight excluding hydrogens is 317 g/mol. The second-order valence-electron chi connectivity index (χ2n) is 5.62. The molecule has 5 heteroatoms. The van der Waals surface area contributed by atoms with E-state index in [1.807, 2.05) is 30.3 Å². The smallest absolute Gasteiger partial charge is 0.253 e. The zero-order chi connectivity index (χ0) is 17.0. The van der Waals surface area contributed by atoms with Crippen LogP contribution in [0.1, 0.15) is 40.9 Å². The lowest BCUT2D eigenvalue weighted by atomic mass is 10.0. The van der Waals surface area contributed by atoms with Crippen LogP contribution in [0.15, 0.2) is 42.5 Å². The van der Waals surface area contributed by atoms with Crippen LogP contribution in [-0.4, -0.2) is 17.1 Å².